The Balaban J connectivity index is 1.40. The van der Waals surface area contributed by atoms with Crippen LogP contribution in [0.3, 0.4) is 0 Å². The fourth-order valence-corrected chi connectivity index (χ4v) is 2.81. The zero-order valence-electron chi connectivity index (χ0n) is 15.2. The molecular weight excluding hydrogens is 372 g/mol. The second-order valence-corrected chi connectivity index (χ2v) is 6.25. The molecule has 0 spiro atoms. The second-order valence-electron chi connectivity index (χ2n) is 6.25. The number of hydrogen-bond acceptors (Lipinski definition) is 5. The summed E-state index contributed by atoms with van der Waals surface area (Å²) in [7, 11) is 0. The lowest BCUT2D eigenvalue weighted by Crippen LogP contribution is -2.27. The number of hydrogen-bond donors (Lipinski definition) is 2. The maximum absolute atomic E-state index is 12.5. The van der Waals surface area contributed by atoms with Crippen LogP contribution in [0.1, 0.15) is 10.6 Å². The first-order valence-corrected chi connectivity index (χ1v) is 8.79. The fourth-order valence-electron chi connectivity index (χ4n) is 2.81. The molecule has 0 atom stereocenters. The molecule has 0 unspecified atom stereocenters. The van der Waals surface area contributed by atoms with Crippen LogP contribution < -0.4 is 16.2 Å². The van der Waals surface area contributed by atoms with Crippen molar-refractivity contribution in [3.63, 3.8) is 0 Å². The smallest absolute Gasteiger partial charge is 0.291 e. The van der Waals surface area contributed by atoms with Crippen molar-refractivity contribution in [2.24, 2.45) is 0 Å². The summed E-state index contributed by atoms with van der Waals surface area (Å²) < 4.78 is 6.29. The average molecular weight is 388 g/mol. The highest BCUT2D eigenvalue weighted by Gasteiger charge is 2.10. The van der Waals surface area contributed by atoms with Gasteiger partial charge in [0.1, 0.15) is 6.54 Å². The third-order valence-corrected chi connectivity index (χ3v) is 4.22. The molecule has 0 aliphatic carbocycles. The van der Waals surface area contributed by atoms with Crippen molar-refractivity contribution in [3.8, 4) is 0 Å². The first-order chi connectivity index (χ1) is 14.1. The number of rotatable bonds is 5. The molecule has 8 heteroatoms. The summed E-state index contributed by atoms with van der Waals surface area (Å²) in [6.07, 6.45) is 2.78. The van der Waals surface area contributed by atoms with Gasteiger partial charge in [-0.1, -0.05) is 12.1 Å². The number of amides is 2. The number of nitrogens with zero attached hydrogens (tertiary/aromatic N) is 2. The normalized spacial score (nSPS) is 10.6. The Labute approximate surface area is 164 Å². The molecule has 0 bridgehead atoms. The minimum atomic E-state index is -0.366. The molecule has 8 nitrogen and oxygen atoms in total. The predicted octanol–water partition coefficient (Wildman–Crippen LogP) is 2.88. The van der Waals surface area contributed by atoms with E-state index in [-0.39, 0.29) is 29.7 Å². The van der Waals surface area contributed by atoms with Crippen LogP contribution in [0.5, 0.6) is 0 Å². The van der Waals surface area contributed by atoms with Crippen molar-refractivity contribution in [2.45, 2.75) is 6.54 Å². The largest absolute Gasteiger partial charge is 0.459 e. The number of benzene rings is 2. The molecular formula is C21H16N4O4. The number of aromatic nitrogens is 2. The van der Waals surface area contributed by atoms with Gasteiger partial charge in [0.15, 0.2) is 5.76 Å². The van der Waals surface area contributed by atoms with Crippen LogP contribution in [-0.4, -0.2) is 21.4 Å². The minimum Gasteiger partial charge on any atom is -0.459 e. The molecule has 2 aromatic carbocycles. The van der Waals surface area contributed by atoms with Crippen molar-refractivity contribution < 1.29 is 14.0 Å². The first-order valence-electron chi connectivity index (χ1n) is 8.79. The van der Waals surface area contributed by atoms with E-state index in [1.807, 2.05) is 0 Å². The molecule has 144 valence electrons. The van der Waals surface area contributed by atoms with E-state index >= 15 is 0 Å². The number of nitrogens with one attached hydrogen (secondary N) is 2. The van der Waals surface area contributed by atoms with Gasteiger partial charge in [0.25, 0.3) is 11.5 Å². The number of carbonyl (C=O) groups excluding carboxylic acids is 2. The van der Waals surface area contributed by atoms with Crippen molar-refractivity contribution >= 4 is 34.1 Å². The Morgan fingerprint density at radius 2 is 1.66 bits per heavy atom. The van der Waals surface area contributed by atoms with E-state index in [0.717, 1.165) is 0 Å². The van der Waals surface area contributed by atoms with Crippen molar-refractivity contribution in [1.82, 2.24) is 9.55 Å². The fraction of sp³-hybridized carbons (Fsp3) is 0.0476. The van der Waals surface area contributed by atoms with Crippen molar-refractivity contribution in [3.05, 3.63) is 89.4 Å². The summed E-state index contributed by atoms with van der Waals surface area (Å²) in [4.78, 5) is 40.9. The molecule has 2 N–H and O–H groups in total. The van der Waals surface area contributed by atoms with E-state index in [4.69, 9.17) is 4.42 Å². The monoisotopic (exact) mass is 388 g/mol. The Morgan fingerprint density at radius 3 is 2.38 bits per heavy atom. The van der Waals surface area contributed by atoms with Crippen LogP contribution in [0.25, 0.3) is 10.9 Å². The molecule has 2 amide bonds. The van der Waals surface area contributed by atoms with E-state index in [1.165, 1.54) is 17.2 Å². The summed E-state index contributed by atoms with van der Waals surface area (Å²) in [5.41, 5.74) is 1.40. The number of anilines is 2. The lowest BCUT2D eigenvalue weighted by molar-refractivity contribution is -0.116. The average Bonchev–Trinajstić information content (AvgIpc) is 3.27. The van der Waals surface area contributed by atoms with Crippen molar-refractivity contribution in [1.29, 1.82) is 0 Å². The summed E-state index contributed by atoms with van der Waals surface area (Å²) in [6.45, 7) is -0.159. The van der Waals surface area contributed by atoms with Gasteiger partial charge in [-0.25, -0.2) is 4.98 Å². The van der Waals surface area contributed by atoms with Crippen LogP contribution >= 0.6 is 0 Å². The van der Waals surface area contributed by atoms with E-state index in [0.29, 0.717) is 22.3 Å². The zero-order valence-corrected chi connectivity index (χ0v) is 15.2. The summed E-state index contributed by atoms with van der Waals surface area (Å²) in [5.74, 6) is -0.525. The van der Waals surface area contributed by atoms with E-state index in [9.17, 15) is 14.4 Å². The van der Waals surface area contributed by atoms with Gasteiger partial charge >= 0.3 is 0 Å². The molecule has 0 fully saturated rings. The molecule has 0 radical (unpaired) electrons. The highest BCUT2D eigenvalue weighted by Crippen LogP contribution is 2.15. The van der Waals surface area contributed by atoms with E-state index < -0.39 is 0 Å². The van der Waals surface area contributed by atoms with Crippen molar-refractivity contribution in [2.75, 3.05) is 10.6 Å². The Morgan fingerprint density at radius 1 is 0.931 bits per heavy atom. The number of para-hydroxylation sites is 1. The van der Waals surface area contributed by atoms with Crippen LogP contribution in [0, 0.1) is 0 Å². The second kappa shape index (κ2) is 7.81. The highest BCUT2D eigenvalue weighted by molar-refractivity contribution is 6.02. The first kappa shape index (κ1) is 18.2. The van der Waals surface area contributed by atoms with E-state index in [1.54, 1.807) is 60.7 Å². The Hall–Kier alpha value is -4.20. The molecule has 4 aromatic rings. The summed E-state index contributed by atoms with van der Waals surface area (Å²) in [6, 6.07) is 16.8. The third kappa shape index (κ3) is 4.06. The van der Waals surface area contributed by atoms with Gasteiger partial charge in [-0.05, 0) is 48.5 Å². The highest BCUT2D eigenvalue weighted by atomic mass is 16.3. The lowest BCUT2D eigenvalue weighted by atomic mass is 10.2. The van der Waals surface area contributed by atoms with Crippen LogP contribution in [0.4, 0.5) is 11.4 Å². The standard InChI is InChI=1S/C21H16N4O4/c26-19(12-25-13-22-17-5-2-1-4-16(17)21(25)28)23-14-7-9-15(10-8-14)24-20(27)18-6-3-11-29-18/h1-11,13H,12H2,(H,23,26)(H,24,27). The number of fused-ring (bicyclic) bond motifs is 1. The Kier molecular flexibility index (Phi) is 4.90. The third-order valence-electron chi connectivity index (χ3n) is 4.22. The molecule has 2 aromatic heterocycles. The Bertz CT molecular complexity index is 1230. The van der Waals surface area contributed by atoms with Gasteiger partial charge in [0.05, 0.1) is 23.5 Å². The lowest BCUT2D eigenvalue weighted by Gasteiger charge is -2.09. The SMILES string of the molecule is O=C(Cn1cnc2ccccc2c1=O)Nc1ccc(NC(=O)c2ccco2)cc1. The van der Waals surface area contributed by atoms with Gasteiger partial charge < -0.3 is 15.1 Å². The van der Waals surface area contributed by atoms with Gasteiger partial charge in [0.2, 0.25) is 5.91 Å². The number of carbonyl (C=O) groups is 2. The van der Waals surface area contributed by atoms with Gasteiger partial charge in [-0.2, -0.15) is 0 Å². The molecule has 0 saturated carbocycles. The van der Waals surface area contributed by atoms with Crippen LogP contribution in [0.2, 0.25) is 0 Å². The minimum absolute atomic E-state index is 0.159. The van der Waals surface area contributed by atoms with E-state index in [2.05, 4.69) is 15.6 Å². The molecule has 2 heterocycles. The zero-order chi connectivity index (χ0) is 20.2. The molecule has 4 rings (SSSR count). The molecule has 0 aliphatic heterocycles. The maximum atomic E-state index is 12.5. The predicted molar refractivity (Wildman–Crippen MR) is 108 cm³/mol. The molecule has 0 saturated heterocycles. The topological polar surface area (TPSA) is 106 Å². The summed E-state index contributed by atoms with van der Waals surface area (Å²) >= 11 is 0. The van der Waals surface area contributed by atoms with Gasteiger partial charge in [-0.3, -0.25) is 19.0 Å². The summed E-state index contributed by atoms with van der Waals surface area (Å²) in [5, 5.41) is 5.86. The molecule has 0 aliphatic rings. The van der Waals surface area contributed by atoms with Gasteiger partial charge in [0, 0.05) is 11.4 Å². The quantitative estimate of drug-likeness (QED) is 0.547. The molecule has 29 heavy (non-hydrogen) atoms. The van der Waals surface area contributed by atoms with Gasteiger partial charge in [-0.15, -0.1) is 0 Å². The number of furan rings is 1. The van der Waals surface area contributed by atoms with Crippen LogP contribution in [0.15, 0.2) is 82.5 Å². The van der Waals surface area contributed by atoms with Crippen LogP contribution in [-0.2, 0) is 11.3 Å². The maximum Gasteiger partial charge on any atom is 0.291 e.